The number of hydrogen-bond acceptors (Lipinski definition) is 2. The highest BCUT2D eigenvalue weighted by atomic mass is 16.4. The van der Waals surface area contributed by atoms with E-state index in [-0.39, 0.29) is 18.5 Å². The molecule has 0 radical (unpaired) electrons. The van der Waals surface area contributed by atoms with Gasteiger partial charge in [-0.2, -0.15) is 0 Å². The summed E-state index contributed by atoms with van der Waals surface area (Å²) in [4.78, 5) is 23.1. The molecule has 0 aromatic carbocycles. The highest BCUT2D eigenvalue weighted by molar-refractivity contribution is 5.93. The first kappa shape index (κ1) is 14.6. The van der Waals surface area contributed by atoms with Gasteiger partial charge in [0.05, 0.1) is 0 Å². The molecule has 5 nitrogen and oxygen atoms in total. The molecule has 1 fully saturated rings. The first-order chi connectivity index (χ1) is 9.49. The van der Waals surface area contributed by atoms with Crippen LogP contribution in [0, 0.1) is 11.8 Å². The summed E-state index contributed by atoms with van der Waals surface area (Å²) < 4.78 is 1.47. The van der Waals surface area contributed by atoms with Crippen LogP contribution in [-0.4, -0.2) is 27.6 Å². The molecule has 1 aromatic heterocycles. The van der Waals surface area contributed by atoms with Crippen LogP contribution in [0.25, 0.3) is 0 Å². The van der Waals surface area contributed by atoms with Crippen molar-refractivity contribution in [3.8, 4) is 0 Å². The standard InChI is InChI=1S/C15H22N2O3/c1-10-5-3-6-12(11(10)2)16-15(20)13-7-4-8-17(13)9-14(18)19/h4,7-8,10-12H,3,5-6,9H2,1-2H3,(H,16,20)(H,18,19). The molecule has 1 amide bonds. The molecule has 1 saturated carbocycles. The Morgan fingerprint density at radius 2 is 2.15 bits per heavy atom. The number of hydrogen-bond donors (Lipinski definition) is 2. The van der Waals surface area contributed by atoms with Crippen LogP contribution >= 0.6 is 0 Å². The minimum absolute atomic E-state index is 0.179. The Morgan fingerprint density at radius 1 is 1.40 bits per heavy atom. The van der Waals surface area contributed by atoms with E-state index in [0.29, 0.717) is 17.5 Å². The second-order valence-electron chi connectivity index (χ2n) is 5.76. The fraction of sp³-hybridized carbons (Fsp3) is 0.600. The highest BCUT2D eigenvalue weighted by Gasteiger charge is 2.28. The molecule has 1 aromatic rings. The van der Waals surface area contributed by atoms with Crippen LogP contribution < -0.4 is 5.32 Å². The van der Waals surface area contributed by atoms with Crippen LogP contribution in [0.15, 0.2) is 18.3 Å². The van der Waals surface area contributed by atoms with Crippen molar-refractivity contribution in [1.29, 1.82) is 0 Å². The van der Waals surface area contributed by atoms with E-state index in [2.05, 4.69) is 19.2 Å². The molecule has 2 rings (SSSR count). The van der Waals surface area contributed by atoms with E-state index in [1.807, 2.05) is 0 Å². The molecule has 0 spiro atoms. The highest BCUT2D eigenvalue weighted by Crippen LogP contribution is 2.29. The molecule has 0 saturated heterocycles. The van der Waals surface area contributed by atoms with Crippen molar-refractivity contribution >= 4 is 11.9 Å². The van der Waals surface area contributed by atoms with Gasteiger partial charge in [-0.1, -0.05) is 26.7 Å². The maximum Gasteiger partial charge on any atom is 0.323 e. The number of amides is 1. The minimum atomic E-state index is -0.949. The van der Waals surface area contributed by atoms with Gasteiger partial charge in [-0.25, -0.2) is 0 Å². The SMILES string of the molecule is CC1CCCC(NC(=O)c2cccn2CC(=O)O)C1C. The lowest BCUT2D eigenvalue weighted by Gasteiger charge is -2.34. The maximum absolute atomic E-state index is 12.3. The monoisotopic (exact) mass is 278 g/mol. The van der Waals surface area contributed by atoms with Crippen molar-refractivity contribution in [2.24, 2.45) is 11.8 Å². The molecular weight excluding hydrogens is 256 g/mol. The Morgan fingerprint density at radius 3 is 2.85 bits per heavy atom. The number of carboxylic acid groups (broad SMARTS) is 1. The predicted molar refractivity (Wildman–Crippen MR) is 75.5 cm³/mol. The molecule has 20 heavy (non-hydrogen) atoms. The summed E-state index contributed by atoms with van der Waals surface area (Å²) in [5.74, 6) is -0.0625. The number of carbonyl (C=O) groups is 2. The zero-order valence-electron chi connectivity index (χ0n) is 12.0. The second-order valence-corrected chi connectivity index (χ2v) is 5.76. The summed E-state index contributed by atoms with van der Waals surface area (Å²) in [6.45, 7) is 4.20. The quantitative estimate of drug-likeness (QED) is 0.886. The van der Waals surface area contributed by atoms with Gasteiger partial charge in [-0.05, 0) is 30.4 Å². The van der Waals surface area contributed by atoms with Crippen molar-refractivity contribution in [3.63, 3.8) is 0 Å². The van der Waals surface area contributed by atoms with Gasteiger partial charge < -0.3 is 15.0 Å². The number of aliphatic carboxylic acids is 1. The molecule has 0 aliphatic heterocycles. The fourth-order valence-corrected chi connectivity index (χ4v) is 2.93. The van der Waals surface area contributed by atoms with Gasteiger partial charge in [0.15, 0.2) is 0 Å². The normalized spacial score (nSPS) is 26.2. The van der Waals surface area contributed by atoms with Crippen molar-refractivity contribution in [1.82, 2.24) is 9.88 Å². The number of rotatable bonds is 4. The Hall–Kier alpha value is -1.78. The van der Waals surface area contributed by atoms with Gasteiger partial charge in [0.1, 0.15) is 12.2 Å². The zero-order valence-corrected chi connectivity index (χ0v) is 12.0. The molecule has 110 valence electrons. The number of nitrogens with one attached hydrogen (secondary N) is 1. The summed E-state index contributed by atoms with van der Waals surface area (Å²) in [6.07, 6.45) is 4.96. The smallest absolute Gasteiger partial charge is 0.323 e. The van der Waals surface area contributed by atoms with Crippen LogP contribution in [0.2, 0.25) is 0 Å². The molecule has 1 aliphatic carbocycles. The summed E-state index contributed by atoms with van der Waals surface area (Å²) in [6, 6.07) is 3.54. The van der Waals surface area contributed by atoms with E-state index in [1.54, 1.807) is 18.3 Å². The van der Waals surface area contributed by atoms with E-state index >= 15 is 0 Å². The van der Waals surface area contributed by atoms with Crippen molar-refractivity contribution < 1.29 is 14.7 Å². The summed E-state index contributed by atoms with van der Waals surface area (Å²) >= 11 is 0. The molecule has 1 aliphatic rings. The van der Waals surface area contributed by atoms with E-state index in [9.17, 15) is 9.59 Å². The average molecular weight is 278 g/mol. The van der Waals surface area contributed by atoms with Gasteiger partial charge in [0.25, 0.3) is 5.91 Å². The fourth-order valence-electron chi connectivity index (χ4n) is 2.93. The first-order valence-electron chi connectivity index (χ1n) is 7.17. The number of nitrogens with zero attached hydrogens (tertiary/aromatic N) is 1. The molecule has 2 N–H and O–H groups in total. The largest absolute Gasteiger partial charge is 0.480 e. The molecule has 3 unspecified atom stereocenters. The van der Waals surface area contributed by atoms with Gasteiger partial charge >= 0.3 is 5.97 Å². The molecule has 5 heteroatoms. The summed E-state index contributed by atoms with van der Waals surface area (Å²) in [7, 11) is 0. The third kappa shape index (κ3) is 3.21. The van der Waals surface area contributed by atoms with E-state index in [4.69, 9.17) is 5.11 Å². The average Bonchev–Trinajstić information content (AvgIpc) is 2.82. The van der Waals surface area contributed by atoms with Crippen LogP contribution in [0.3, 0.4) is 0 Å². The predicted octanol–water partition coefficient (Wildman–Crippen LogP) is 2.13. The van der Waals surface area contributed by atoms with Gasteiger partial charge in [-0.3, -0.25) is 9.59 Å². The van der Waals surface area contributed by atoms with E-state index in [1.165, 1.54) is 11.0 Å². The van der Waals surface area contributed by atoms with Crippen molar-refractivity contribution in [3.05, 3.63) is 24.0 Å². The topological polar surface area (TPSA) is 71.3 Å². The molecule has 1 heterocycles. The Labute approximate surface area is 119 Å². The van der Waals surface area contributed by atoms with Crippen LogP contribution in [0.4, 0.5) is 0 Å². The summed E-state index contributed by atoms with van der Waals surface area (Å²) in [5, 5.41) is 11.9. The lowest BCUT2D eigenvalue weighted by molar-refractivity contribution is -0.137. The zero-order chi connectivity index (χ0) is 14.7. The number of carbonyl (C=O) groups excluding carboxylic acids is 1. The number of carboxylic acids is 1. The van der Waals surface area contributed by atoms with Gasteiger partial charge in [-0.15, -0.1) is 0 Å². The minimum Gasteiger partial charge on any atom is -0.480 e. The molecule has 0 bridgehead atoms. The lowest BCUT2D eigenvalue weighted by Crippen LogP contribution is -2.44. The second kappa shape index (κ2) is 6.11. The van der Waals surface area contributed by atoms with E-state index < -0.39 is 5.97 Å². The Bertz CT molecular complexity index is 495. The van der Waals surface area contributed by atoms with Gasteiger partial charge in [0.2, 0.25) is 0 Å². The Kier molecular flexibility index (Phi) is 4.47. The number of aromatic nitrogens is 1. The Balaban J connectivity index is 2.04. The molecular formula is C15H22N2O3. The maximum atomic E-state index is 12.3. The van der Waals surface area contributed by atoms with E-state index in [0.717, 1.165) is 12.8 Å². The summed E-state index contributed by atoms with van der Waals surface area (Å²) in [5.41, 5.74) is 0.415. The van der Waals surface area contributed by atoms with Crippen molar-refractivity contribution in [2.45, 2.75) is 45.7 Å². The van der Waals surface area contributed by atoms with Gasteiger partial charge in [0, 0.05) is 12.2 Å². The molecule has 3 atom stereocenters. The lowest BCUT2D eigenvalue weighted by atomic mass is 9.78. The van der Waals surface area contributed by atoms with Crippen LogP contribution in [-0.2, 0) is 11.3 Å². The first-order valence-corrected chi connectivity index (χ1v) is 7.17. The van der Waals surface area contributed by atoms with Crippen LogP contribution in [0.1, 0.15) is 43.6 Å². The van der Waals surface area contributed by atoms with Crippen LogP contribution in [0.5, 0.6) is 0 Å². The third-order valence-electron chi connectivity index (χ3n) is 4.39. The third-order valence-corrected chi connectivity index (χ3v) is 4.39. The van der Waals surface area contributed by atoms with Crippen molar-refractivity contribution in [2.75, 3.05) is 0 Å².